The van der Waals surface area contributed by atoms with Gasteiger partial charge in [-0.1, -0.05) is 0 Å². The third-order valence-corrected chi connectivity index (χ3v) is 4.58. The Hall–Kier alpha value is -2.28. The summed E-state index contributed by atoms with van der Waals surface area (Å²) in [6, 6.07) is 3.88. The van der Waals surface area contributed by atoms with Crippen molar-refractivity contribution in [1.82, 2.24) is 30.4 Å². The summed E-state index contributed by atoms with van der Waals surface area (Å²) in [4.78, 5) is 21.4. The smallest absolute Gasteiger partial charge is 0.220 e. The molecule has 134 valence electrons. The number of amides is 1. The summed E-state index contributed by atoms with van der Waals surface area (Å²) >= 11 is 0. The number of nitrogens with one attached hydrogen (secondary N) is 2. The molecule has 2 N–H and O–H groups in total. The van der Waals surface area contributed by atoms with Crippen molar-refractivity contribution >= 4 is 5.91 Å². The van der Waals surface area contributed by atoms with E-state index in [1.165, 1.54) is 0 Å². The minimum atomic E-state index is 0.0262. The van der Waals surface area contributed by atoms with Crippen molar-refractivity contribution < 1.29 is 4.79 Å². The first-order valence-corrected chi connectivity index (χ1v) is 8.90. The van der Waals surface area contributed by atoms with Gasteiger partial charge in [-0.2, -0.15) is 5.10 Å². The zero-order valence-corrected chi connectivity index (χ0v) is 15.0. The summed E-state index contributed by atoms with van der Waals surface area (Å²) in [5, 5.41) is 10.4. The number of carbonyl (C=O) groups excluding carboxylic acids is 1. The highest BCUT2D eigenvalue weighted by molar-refractivity contribution is 5.76. The molecule has 1 saturated heterocycles. The van der Waals surface area contributed by atoms with Crippen LogP contribution in [0, 0.1) is 6.92 Å². The maximum absolute atomic E-state index is 12.1. The van der Waals surface area contributed by atoms with Gasteiger partial charge in [-0.25, -0.2) is 9.97 Å². The molecule has 7 nitrogen and oxygen atoms in total. The Morgan fingerprint density at radius 1 is 1.44 bits per heavy atom. The molecular formula is C18H26N6O. The van der Waals surface area contributed by atoms with Gasteiger partial charge in [0, 0.05) is 43.5 Å². The van der Waals surface area contributed by atoms with Crippen LogP contribution in [0.15, 0.2) is 18.3 Å². The molecule has 1 atom stereocenters. The Labute approximate surface area is 148 Å². The van der Waals surface area contributed by atoms with Gasteiger partial charge in [0.05, 0.1) is 12.2 Å². The minimum Gasteiger partial charge on any atom is -0.350 e. The second kappa shape index (κ2) is 8.20. The molecule has 0 aliphatic carbocycles. The number of nitrogens with zero attached hydrogens (tertiary/aromatic N) is 4. The van der Waals surface area contributed by atoms with E-state index >= 15 is 0 Å². The molecule has 1 amide bonds. The first-order chi connectivity index (χ1) is 12.1. The van der Waals surface area contributed by atoms with Gasteiger partial charge in [0.25, 0.3) is 0 Å². The maximum Gasteiger partial charge on any atom is 0.220 e. The maximum atomic E-state index is 12.1. The second-order valence-corrected chi connectivity index (χ2v) is 6.63. The van der Waals surface area contributed by atoms with Crippen molar-refractivity contribution in [3.05, 3.63) is 41.2 Å². The van der Waals surface area contributed by atoms with Crippen LogP contribution >= 0.6 is 0 Å². The van der Waals surface area contributed by atoms with Crippen LogP contribution in [0.1, 0.15) is 48.1 Å². The average molecular weight is 342 g/mol. The van der Waals surface area contributed by atoms with E-state index in [4.69, 9.17) is 4.98 Å². The number of aryl methyl sites for hydroxylation is 3. The largest absolute Gasteiger partial charge is 0.350 e. The van der Waals surface area contributed by atoms with Gasteiger partial charge < -0.3 is 10.6 Å². The number of carbonyl (C=O) groups is 1. The van der Waals surface area contributed by atoms with Crippen molar-refractivity contribution in [2.75, 3.05) is 13.1 Å². The van der Waals surface area contributed by atoms with Crippen molar-refractivity contribution in [3.63, 3.8) is 0 Å². The van der Waals surface area contributed by atoms with E-state index < -0.39 is 0 Å². The van der Waals surface area contributed by atoms with Crippen LogP contribution in [0.4, 0.5) is 0 Å². The zero-order chi connectivity index (χ0) is 17.6. The predicted octanol–water partition coefficient (Wildman–Crippen LogP) is 1.23. The Bertz CT molecular complexity index is 720. The summed E-state index contributed by atoms with van der Waals surface area (Å²) in [7, 11) is 1.87. The van der Waals surface area contributed by atoms with Gasteiger partial charge in [0.15, 0.2) is 0 Å². The molecule has 2 aromatic rings. The molecule has 0 spiro atoms. The molecule has 0 radical (unpaired) electrons. The van der Waals surface area contributed by atoms with Crippen LogP contribution in [0.5, 0.6) is 0 Å². The normalized spacial score (nSPS) is 17.4. The molecule has 3 rings (SSSR count). The minimum absolute atomic E-state index is 0.0262. The Morgan fingerprint density at radius 2 is 2.32 bits per heavy atom. The van der Waals surface area contributed by atoms with Crippen LogP contribution in [-0.2, 0) is 24.8 Å². The fourth-order valence-corrected chi connectivity index (χ4v) is 3.14. The fraction of sp³-hybridized carbons (Fsp3) is 0.556. The second-order valence-electron chi connectivity index (χ2n) is 6.63. The van der Waals surface area contributed by atoms with Crippen molar-refractivity contribution in [2.24, 2.45) is 7.05 Å². The Kier molecular flexibility index (Phi) is 5.75. The van der Waals surface area contributed by atoms with Gasteiger partial charge in [-0.15, -0.1) is 0 Å². The lowest BCUT2D eigenvalue weighted by Gasteiger charge is -2.22. The number of rotatable bonds is 6. The molecular weight excluding hydrogens is 316 g/mol. The first-order valence-electron chi connectivity index (χ1n) is 8.90. The van der Waals surface area contributed by atoms with Gasteiger partial charge in [0.1, 0.15) is 5.82 Å². The molecule has 2 aromatic heterocycles. The third-order valence-electron chi connectivity index (χ3n) is 4.58. The van der Waals surface area contributed by atoms with Gasteiger partial charge >= 0.3 is 0 Å². The van der Waals surface area contributed by atoms with Crippen molar-refractivity contribution in [3.8, 4) is 0 Å². The number of hydrogen-bond acceptors (Lipinski definition) is 5. The summed E-state index contributed by atoms with van der Waals surface area (Å²) in [6.45, 7) is 4.50. The highest BCUT2D eigenvalue weighted by Gasteiger charge is 2.18. The highest BCUT2D eigenvalue weighted by atomic mass is 16.1. The van der Waals surface area contributed by atoms with E-state index in [-0.39, 0.29) is 5.91 Å². The molecule has 0 bridgehead atoms. The molecule has 1 fully saturated rings. The molecule has 25 heavy (non-hydrogen) atoms. The van der Waals surface area contributed by atoms with E-state index in [0.29, 0.717) is 25.3 Å². The van der Waals surface area contributed by atoms with Crippen LogP contribution in [0.3, 0.4) is 0 Å². The van der Waals surface area contributed by atoms with Gasteiger partial charge in [-0.3, -0.25) is 9.48 Å². The lowest BCUT2D eigenvalue weighted by Crippen LogP contribution is -2.29. The molecule has 1 unspecified atom stereocenters. The van der Waals surface area contributed by atoms with E-state index in [1.807, 2.05) is 26.1 Å². The summed E-state index contributed by atoms with van der Waals surface area (Å²) in [6.07, 6.45) is 5.08. The SMILES string of the molecule is Cc1cc(CCC(=O)NCc2ccnn2C)nc(C2CCCNC2)n1. The quantitative estimate of drug-likeness (QED) is 0.825. The number of hydrogen-bond donors (Lipinski definition) is 2. The number of aromatic nitrogens is 4. The average Bonchev–Trinajstić information content (AvgIpc) is 3.03. The van der Waals surface area contributed by atoms with E-state index in [0.717, 1.165) is 48.8 Å². The van der Waals surface area contributed by atoms with Crippen LogP contribution < -0.4 is 10.6 Å². The predicted molar refractivity (Wildman–Crippen MR) is 95.0 cm³/mol. The fourth-order valence-electron chi connectivity index (χ4n) is 3.14. The molecule has 1 aliphatic heterocycles. The van der Waals surface area contributed by atoms with Crippen molar-refractivity contribution in [1.29, 1.82) is 0 Å². The molecule has 0 saturated carbocycles. The van der Waals surface area contributed by atoms with Gasteiger partial charge in [0.2, 0.25) is 5.91 Å². The van der Waals surface area contributed by atoms with Crippen LogP contribution in [0.2, 0.25) is 0 Å². The van der Waals surface area contributed by atoms with Crippen molar-refractivity contribution in [2.45, 2.75) is 45.1 Å². The Balaban J connectivity index is 1.54. The highest BCUT2D eigenvalue weighted by Crippen LogP contribution is 2.20. The Morgan fingerprint density at radius 3 is 3.04 bits per heavy atom. The lowest BCUT2D eigenvalue weighted by atomic mass is 9.98. The monoisotopic (exact) mass is 342 g/mol. The molecule has 1 aliphatic rings. The lowest BCUT2D eigenvalue weighted by molar-refractivity contribution is -0.121. The van der Waals surface area contributed by atoms with Crippen LogP contribution in [-0.4, -0.2) is 38.7 Å². The van der Waals surface area contributed by atoms with Gasteiger partial charge in [-0.05, 0) is 44.9 Å². The first kappa shape index (κ1) is 17.5. The van der Waals surface area contributed by atoms with Crippen LogP contribution in [0.25, 0.3) is 0 Å². The molecule has 7 heteroatoms. The van der Waals surface area contributed by atoms with E-state index in [1.54, 1.807) is 10.9 Å². The standard InChI is InChI=1S/C18H26N6O/c1-13-10-15(23-18(22-13)14-4-3-8-19-11-14)5-6-17(25)20-12-16-7-9-21-24(16)2/h7,9-10,14,19H,3-6,8,11-12H2,1-2H3,(H,20,25). The summed E-state index contributed by atoms with van der Waals surface area (Å²) < 4.78 is 1.76. The summed E-state index contributed by atoms with van der Waals surface area (Å²) in [5.74, 6) is 1.32. The summed E-state index contributed by atoms with van der Waals surface area (Å²) in [5.41, 5.74) is 2.91. The molecule has 3 heterocycles. The van der Waals surface area contributed by atoms with E-state index in [9.17, 15) is 4.79 Å². The number of piperidine rings is 1. The van der Waals surface area contributed by atoms with E-state index in [2.05, 4.69) is 20.7 Å². The zero-order valence-electron chi connectivity index (χ0n) is 15.0. The topological polar surface area (TPSA) is 84.7 Å². The third kappa shape index (κ3) is 4.85. The molecule has 0 aromatic carbocycles.